The van der Waals surface area contributed by atoms with E-state index in [2.05, 4.69) is 87.2 Å². The van der Waals surface area contributed by atoms with E-state index in [-0.39, 0.29) is 22.6 Å². The van der Waals surface area contributed by atoms with Crippen molar-refractivity contribution in [2.75, 3.05) is 4.90 Å². The molecule has 0 spiro atoms. The number of rotatable bonds is 2. The molecule has 1 aliphatic carbocycles. The van der Waals surface area contributed by atoms with Gasteiger partial charge < -0.3 is 4.90 Å². The highest BCUT2D eigenvalue weighted by atomic mass is 16.2. The second-order valence-electron chi connectivity index (χ2n) is 10.8. The van der Waals surface area contributed by atoms with Crippen LogP contribution in [-0.2, 0) is 5.41 Å². The highest BCUT2D eigenvalue weighted by Gasteiger charge is 2.38. The number of nitrogens with zero attached hydrogens (tertiary/aromatic N) is 1. The lowest BCUT2D eigenvalue weighted by Crippen LogP contribution is -2.31. The predicted octanol–water partition coefficient (Wildman–Crippen LogP) is 8.18. The summed E-state index contributed by atoms with van der Waals surface area (Å²) in [6.45, 7) is 10.7. The molecule has 4 aromatic carbocycles. The van der Waals surface area contributed by atoms with Gasteiger partial charge in [-0.3, -0.25) is 9.59 Å². The maximum absolute atomic E-state index is 13.2. The van der Waals surface area contributed by atoms with Crippen molar-refractivity contribution >= 4 is 34.7 Å². The monoisotopic (exact) mass is 483 g/mol. The fraction of sp³-hybridized carbons (Fsp3) is 0.176. The van der Waals surface area contributed by atoms with Crippen molar-refractivity contribution in [3.8, 4) is 0 Å². The van der Waals surface area contributed by atoms with Gasteiger partial charge in [0, 0.05) is 16.5 Å². The number of benzene rings is 4. The number of allylic oxidation sites excluding steroid dienone is 1. The first-order chi connectivity index (χ1) is 17.7. The van der Waals surface area contributed by atoms with Crippen LogP contribution in [0.2, 0.25) is 0 Å². The Bertz CT molecular complexity index is 1650. The Hall–Kier alpha value is -4.24. The summed E-state index contributed by atoms with van der Waals surface area (Å²) >= 11 is 0. The standard InChI is InChI=1S/C34H29NO2/c1-20-13-15-24-25(17-20)33(37)26(32(24)36)18-23-14-16-30-28(19-23)34(4,5)27-11-6-7-12-29(27)35(30)31-21(2)9-8-10-22(31)3/h6-19H,1-5H3/b26-18-. The zero-order chi connectivity index (χ0) is 26.1. The SMILES string of the molecule is Cc1ccc2c(c1)C(=O)/C(=C\c1ccc3c(c1)C(C)(C)c1ccccc1N3c1c(C)cccc1C)C2=O. The molecule has 0 atom stereocenters. The molecule has 0 N–H and O–H groups in total. The quantitative estimate of drug-likeness (QED) is 0.213. The van der Waals surface area contributed by atoms with Crippen LogP contribution in [0.1, 0.15) is 67.9 Å². The molecule has 0 unspecified atom stereocenters. The van der Waals surface area contributed by atoms with Crippen LogP contribution in [0, 0.1) is 20.8 Å². The number of hydrogen-bond acceptors (Lipinski definition) is 3. The highest BCUT2D eigenvalue weighted by Crippen LogP contribution is 2.53. The smallest absolute Gasteiger partial charge is 0.197 e. The molecule has 182 valence electrons. The molecule has 1 heterocycles. The first-order valence-corrected chi connectivity index (χ1v) is 12.7. The summed E-state index contributed by atoms with van der Waals surface area (Å²) < 4.78 is 0. The fourth-order valence-electron chi connectivity index (χ4n) is 5.95. The average molecular weight is 484 g/mol. The number of anilines is 3. The van der Waals surface area contributed by atoms with E-state index in [1.807, 2.05) is 25.1 Å². The molecule has 37 heavy (non-hydrogen) atoms. The fourth-order valence-corrected chi connectivity index (χ4v) is 5.95. The zero-order valence-electron chi connectivity index (χ0n) is 21.8. The van der Waals surface area contributed by atoms with E-state index in [0.29, 0.717) is 11.1 Å². The third-order valence-electron chi connectivity index (χ3n) is 7.88. The number of fused-ring (bicyclic) bond motifs is 3. The number of Topliss-reactive ketones (excluding diaryl/α,β-unsaturated/α-hetero) is 2. The number of aryl methyl sites for hydroxylation is 3. The molecule has 0 saturated carbocycles. The molecule has 6 rings (SSSR count). The van der Waals surface area contributed by atoms with Crippen molar-refractivity contribution in [2.45, 2.75) is 40.0 Å². The first kappa shape index (κ1) is 23.2. The topological polar surface area (TPSA) is 37.4 Å². The van der Waals surface area contributed by atoms with Gasteiger partial charge in [-0.1, -0.05) is 74.0 Å². The van der Waals surface area contributed by atoms with Gasteiger partial charge in [-0.05, 0) is 78.9 Å². The van der Waals surface area contributed by atoms with Crippen LogP contribution in [-0.4, -0.2) is 11.6 Å². The molecule has 0 aromatic heterocycles. The molecular weight excluding hydrogens is 454 g/mol. The van der Waals surface area contributed by atoms with Crippen molar-refractivity contribution in [3.63, 3.8) is 0 Å². The summed E-state index contributed by atoms with van der Waals surface area (Å²) in [5.74, 6) is -0.386. The Kier molecular flexibility index (Phi) is 5.10. The molecule has 0 fully saturated rings. The van der Waals surface area contributed by atoms with E-state index >= 15 is 0 Å². The van der Waals surface area contributed by atoms with Gasteiger partial charge in [0.05, 0.1) is 22.6 Å². The summed E-state index contributed by atoms with van der Waals surface area (Å²) in [6.07, 6.45) is 1.76. The van der Waals surface area contributed by atoms with Gasteiger partial charge in [-0.15, -0.1) is 0 Å². The lowest BCUT2D eigenvalue weighted by atomic mass is 9.73. The van der Waals surface area contributed by atoms with Crippen LogP contribution in [0.15, 0.2) is 84.4 Å². The number of hydrogen-bond donors (Lipinski definition) is 0. The van der Waals surface area contributed by atoms with Crippen LogP contribution in [0.25, 0.3) is 6.08 Å². The molecule has 1 aliphatic heterocycles. The molecule has 0 saturated heterocycles. The summed E-state index contributed by atoms with van der Waals surface area (Å²) in [5, 5.41) is 0. The third kappa shape index (κ3) is 3.41. The Morgan fingerprint density at radius 1 is 0.676 bits per heavy atom. The Morgan fingerprint density at radius 2 is 1.35 bits per heavy atom. The van der Waals surface area contributed by atoms with Gasteiger partial charge in [-0.2, -0.15) is 0 Å². The van der Waals surface area contributed by atoms with Crippen LogP contribution >= 0.6 is 0 Å². The maximum Gasteiger partial charge on any atom is 0.197 e. The van der Waals surface area contributed by atoms with E-state index in [0.717, 1.165) is 22.4 Å². The van der Waals surface area contributed by atoms with E-state index in [9.17, 15) is 9.59 Å². The van der Waals surface area contributed by atoms with Crippen LogP contribution in [0.4, 0.5) is 17.1 Å². The van der Waals surface area contributed by atoms with Crippen molar-refractivity contribution in [3.05, 3.63) is 129 Å². The summed E-state index contributed by atoms with van der Waals surface area (Å²) in [4.78, 5) is 28.6. The summed E-state index contributed by atoms with van der Waals surface area (Å²) in [5.41, 5.74) is 11.1. The molecule has 4 aromatic rings. The van der Waals surface area contributed by atoms with E-state index in [1.54, 1.807) is 12.1 Å². The van der Waals surface area contributed by atoms with Crippen molar-refractivity contribution < 1.29 is 9.59 Å². The predicted molar refractivity (Wildman–Crippen MR) is 151 cm³/mol. The first-order valence-electron chi connectivity index (χ1n) is 12.7. The van der Waals surface area contributed by atoms with E-state index < -0.39 is 0 Å². The largest absolute Gasteiger partial charge is 0.309 e. The lowest BCUT2D eigenvalue weighted by molar-refractivity contribution is 0.0990. The Balaban J connectivity index is 1.54. The van der Waals surface area contributed by atoms with Gasteiger partial charge in [-0.25, -0.2) is 0 Å². The minimum absolute atomic E-state index is 0.191. The van der Waals surface area contributed by atoms with Crippen LogP contribution in [0.5, 0.6) is 0 Å². The number of carbonyl (C=O) groups excluding carboxylic acids is 2. The lowest BCUT2D eigenvalue weighted by Gasteiger charge is -2.43. The van der Waals surface area contributed by atoms with Crippen LogP contribution in [0.3, 0.4) is 0 Å². The van der Waals surface area contributed by atoms with Crippen LogP contribution < -0.4 is 4.90 Å². The number of ketones is 2. The van der Waals surface area contributed by atoms with Gasteiger partial charge >= 0.3 is 0 Å². The number of para-hydroxylation sites is 2. The summed E-state index contributed by atoms with van der Waals surface area (Å²) in [6, 6.07) is 26.7. The molecule has 0 bridgehead atoms. The second kappa shape index (κ2) is 8.14. The second-order valence-corrected chi connectivity index (χ2v) is 10.8. The molecular formula is C34H29NO2. The van der Waals surface area contributed by atoms with Gasteiger partial charge in [0.1, 0.15) is 0 Å². The van der Waals surface area contributed by atoms with E-state index in [4.69, 9.17) is 0 Å². The number of carbonyl (C=O) groups is 2. The minimum atomic E-state index is -0.267. The van der Waals surface area contributed by atoms with Crippen molar-refractivity contribution in [1.82, 2.24) is 0 Å². The Labute approximate surface area is 218 Å². The highest BCUT2D eigenvalue weighted by molar-refractivity contribution is 6.41. The summed E-state index contributed by atoms with van der Waals surface area (Å²) in [7, 11) is 0. The van der Waals surface area contributed by atoms with E-state index in [1.165, 1.54) is 28.1 Å². The molecule has 3 nitrogen and oxygen atoms in total. The van der Waals surface area contributed by atoms with Gasteiger partial charge in [0.25, 0.3) is 0 Å². The molecule has 0 radical (unpaired) electrons. The normalized spacial score (nSPS) is 16.6. The molecule has 3 heteroatoms. The van der Waals surface area contributed by atoms with Gasteiger partial charge in [0.15, 0.2) is 11.6 Å². The molecule has 2 aliphatic rings. The Morgan fingerprint density at radius 3 is 2.11 bits per heavy atom. The third-order valence-corrected chi connectivity index (χ3v) is 7.88. The molecule has 0 amide bonds. The average Bonchev–Trinajstić information content (AvgIpc) is 3.10. The maximum atomic E-state index is 13.2. The van der Waals surface area contributed by atoms with Crippen molar-refractivity contribution in [1.29, 1.82) is 0 Å². The van der Waals surface area contributed by atoms with Gasteiger partial charge in [0.2, 0.25) is 0 Å². The minimum Gasteiger partial charge on any atom is -0.309 e. The zero-order valence-corrected chi connectivity index (χ0v) is 21.8. The van der Waals surface area contributed by atoms with Crippen molar-refractivity contribution in [2.24, 2.45) is 0 Å².